The fraction of sp³-hybridized carbons (Fsp3) is 0.235. The molecule has 0 saturated heterocycles. The molecule has 122 valence electrons. The highest BCUT2D eigenvalue weighted by molar-refractivity contribution is 6.31. The summed E-state index contributed by atoms with van der Waals surface area (Å²) in [6, 6.07) is 10.7. The van der Waals surface area contributed by atoms with Crippen molar-refractivity contribution < 1.29 is 19.5 Å². The Morgan fingerprint density at radius 3 is 2.61 bits per heavy atom. The maximum absolute atomic E-state index is 11.5. The smallest absolute Gasteiger partial charge is 0.438 e. The molecular formula is C17H18ClNO4. The quantitative estimate of drug-likeness (QED) is 0.660. The molecule has 0 aromatic heterocycles. The SMILES string of the molecule is COC(=O)N(O)c1cc(Cl)ccc1COc1ccc(C)cc1C. The van der Waals surface area contributed by atoms with Gasteiger partial charge in [0, 0.05) is 10.6 Å². The predicted molar refractivity (Wildman–Crippen MR) is 88.4 cm³/mol. The van der Waals surface area contributed by atoms with Gasteiger partial charge in [0.2, 0.25) is 0 Å². The summed E-state index contributed by atoms with van der Waals surface area (Å²) in [6.07, 6.45) is -0.903. The highest BCUT2D eigenvalue weighted by Gasteiger charge is 2.18. The minimum atomic E-state index is -0.903. The predicted octanol–water partition coefficient (Wildman–Crippen LogP) is 4.50. The van der Waals surface area contributed by atoms with Crippen molar-refractivity contribution in [2.75, 3.05) is 12.2 Å². The molecule has 1 amide bonds. The van der Waals surface area contributed by atoms with Gasteiger partial charge in [0.1, 0.15) is 12.4 Å². The first kappa shape index (κ1) is 17.1. The third kappa shape index (κ3) is 4.15. The first-order valence-electron chi connectivity index (χ1n) is 6.98. The molecule has 0 unspecified atom stereocenters. The molecule has 0 atom stereocenters. The number of nitrogens with zero attached hydrogens (tertiary/aromatic N) is 1. The summed E-state index contributed by atoms with van der Waals surface area (Å²) in [6.45, 7) is 4.14. The maximum atomic E-state index is 11.5. The van der Waals surface area contributed by atoms with Crippen LogP contribution in [0, 0.1) is 13.8 Å². The molecule has 1 N–H and O–H groups in total. The van der Waals surface area contributed by atoms with Gasteiger partial charge < -0.3 is 9.47 Å². The number of ether oxygens (including phenoxy) is 2. The van der Waals surface area contributed by atoms with Gasteiger partial charge in [0.25, 0.3) is 0 Å². The van der Waals surface area contributed by atoms with Crippen LogP contribution in [0.25, 0.3) is 0 Å². The van der Waals surface area contributed by atoms with E-state index in [1.807, 2.05) is 32.0 Å². The zero-order valence-corrected chi connectivity index (χ0v) is 13.9. The lowest BCUT2D eigenvalue weighted by atomic mass is 10.1. The highest BCUT2D eigenvalue weighted by atomic mass is 35.5. The van der Waals surface area contributed by atoms with Gasteiger partial charge in [0.05, 0.1) is 12.8 Å². The fourth-order valence-electron chi connectivity index (χ4n) is 2.16. The standard InChI is InChI=1S/C17H18ClNO4/c1-11-4-7-16(12(2)8-11)23-10-13-5-6-14(18)9-15(13)19(21)17(20)22-3/h4-9,21H,10H2,1-3H3. The Labute approximate surface area is 140 Å². The average Bonchev–Trinajstić information content (AvgIpc) is 2.53. The molecule has 0 aliphatic carbocycles. The summed E-state index contributed by atoms with van der Waals surface area (Å²) in [4.78, 5) is 11.5. The Kier molecular flexibility index (Phi) is 5.47. The normalized spacial score (nSPS) is 10.3. The van der Waals surface area contributed by atoms with Crippen LogP contribution in [0.5, 0.6) is 5.75 Å². The van der Waals surface area contributed by atoms with Crippen LogP contribution in [0.15, 0.2) is 36.4 Å². The first-order chi connectivity index (χ1) is 10.9. The van der Waals surface area contributed by atoms with Gasteiger partial charge in [-0.25, -0.2) is 4.79 Å². The molecule has 5 nitrogen and oxygen atoms in total. The van der Waals surface area contributed by atoms with Crippen LogP contribution in [0.2, 0.25) is 5.02 Å². The second-order valence-corrected chi connectivity index (χ2v) is 5.55. The Balaban J connectivity index is 2.24. The number of anilines is 1. The maximum Gasteiger partial charge on any atom is 0.438 e. The number of carbonyl (C=O) groups is 1. The van der Waals surface area contributed by atoms with Gasteiger partial charge >= 0.3 is 6.09 Å². The molecule has 6 heteroatoms. The Morgan fingerprint density at radius 1 is 1.22 bits per heavy atom. The molecule has 0 spiro atoms. The van der Waals surface area contributed by atoms with E-state index >= 15 is 0 Å². The number of amides is 1. The monoisotopic (exact) mass is 335 g/mol. The van der Waals surface area contributed by atoms with Crippen LogP contribution >= 0.6 is 11.6 Å². The van der Waals surface area contributed by atoms with Crippen LogP contribution in [-0.4, -0.2) is 18.4 Å². The molecule has 2 rings (SSSR count). The van der Waals surface area contributed by atoms with E-state index in [9.17, 15) is 10.0 Å². The van der Waals surface area contributed by atoms with E-state index in [1.165, 1.54) is 13.2 Å². The molecule has 2 aromatic carbocycles. The van der Waals surface area contributed by atoms with Crippen LogP contribution < -0.4 is 9.80 Å². The van der Waals surface area contributed by atoms with Crippen LogP contribution in [-0.2, 0) is 11.3 Å². The Bertz CT molecular complexity index is 718. The number of rotatable bonds is 4. The zero-order valence-electron chi connectivity index (χ0n) is 13.2. The molecule has 0 bridgehead atoms. The molecule has 2 aromatic rings. The summed E-state index contributed by atoms with van der Waals surface area (Å²) in [5.41, 5.74) is 2.97. The average molecular weight is 336 g/mol. The fourth-order valence-corrected chi connectivity index (χ4v) is 2.32. The Morgan fingerprint density at radius 2 is 1.96 bits per heavy atom. The molecular weight excluding hydrogens is 318 g/mol. The number of hydroxylamine groups is 1. The first-order valence-corrected chi connectivity index (χ1v) is 7.35. The van der Waals surface area contributed by atoms with Gasteiger partial charge in [-0.2, -0.15) is 5.06 Å². The molecule has 0 heterocycles. The molecule has 0 saturated carbocycles. The minimum absolute atomic E-state index is 0.171. The summed E-state index contributed by atoms with van der Waals surface area (Å²) in [7, 11) is 1.18. The number of hydrogen-bond donors (Lipinski definition) is 1. The minimum Gasteiger partial charge on any atom is -0.489 e. The second-order valence-electron chi connectivity index (χ2n) is 5.11. The molecule has 0 fully saturated rings. The largest absolute Gasteiger partial charge is 0.489 e. The third-order valence-corrected chi connectivity index (χ3v) is 3.57. The summed E-state index contributed by atoms with van der Waals surface area (Å²) in [5.74, 6) is 0.735. The van der Waals surface area contributed by atoms with Gasteiger partial charge in [-0.3, -0.25) is 5.21 Å². The van der Waals surface area contributed by atoms with Gasteiger partial charge in [-0.1, -0.05) is 35.4 Å². The van der Waals surface area contributed by atoms with Crippen molar-refractivity contribution in [3.63, 3.8) is 0 Å². The van der Waals surface area contributed by atoms with Crippen LogP contribution in [0.3, 0.4) is 0 Å². The molecule has 0 radical (unpaired) electrons. The van der Waals surface area contributed by atoms with E-state index in [0.29, 0.717) is 15.6 Å². The topological polar surface area (TPSA) is 59.0 Å². The van der Waals surface area contributed by atoms with Gasteiger partial charge in [-0.15, -0.1) is 0 Å². The number of carbonyl (C=O) groups excluding carboxylic acids is 1. The molecule has 23 heavy (non-hydrogen) atoms. The van der Waals surface area contributed by atoms with Crippen molar-refractivity contribution >= 4 is 23.4 Å². The van der Waals surface area contributed by atoms with Crippen LogP contribution in [0.4, 0.5) is 10.5 Å². The summed E-state index contributed by atoms with van der Waals surface area (Å²) < 4.78 is 10.3. The number of aryl methyl sites for hydroxylation is 2. The van der Waals surface area contributed by atoms with Gasteiger partial charge in [-0.05, 0) is 37.6 Å². The lowest BCUT2D eigenvalue weighted by Crippen LogP contribution is -2.27. The third-order valence-electron chi connectivity index (χ3n) is 3.34. The number of benzene rings is 2. The van der Waals surface area contributed by atoms with Crippen molar-refractivity contribution in [2.24, 2.45) is 0 Å². The summed E-state index contributed by atoms with van der Waals surface area (Å²) in [5, 5.41) is 10.7. The van der Waals surface area contributed by atoms with Crippen molar-refractivity contribution in [1.82, 2.24) is 0 Å². The van der Waals surface area contributed by atoms with Gasteiger partial charge in [0.15, 0.2) is 0 Å². The van der Waals surface area contributed by atoms with Crippen molar-refractivity contribution in [2.45, 2.75) is 20.5 Å². The van der Waals surface area contributed by atoms with E-state index in [2.05, 4.69) is 4.74 Å². The van der Waals surface area contributed by atoms with Crippen molar-refractivity contribution in [3.05, 3.63) is 58.1 Å². The molecule has 0 aliphatic heterocycles. The van der Waals surface area contributed by atoms with Crippen molar-refractivity contribution in [3.8, 4) is 5.75 Å². The number of methoxy groups -OCH3 is 1. The van der Waals surface area contributed by atoms with E-state index in [4.69, 9.17) is 16.3 Å². The lowest BCUT2D eigenvalue weighted by Gasteiger charge is -2.18. The second kappa shape index (κ2) is 7.35. The highest BCUT2D eigenvalue weighted by Crippen LogP contribution is 2.27. The number of halogens is 1. The molecule has 0 aliphatic rings. The summed E-state index contributed by atoms with van der Waals surface area (Å²) >= 11 is 5.94. The van der Waals surface area contributed by atoms with E-state index in [1.54, 1.807) is 12.1 Å². The van der Waals surface area contributed by atoms with E-state index in [0.717, 1.165) is 16.9 Å². The number of hydrogen-bond acceptors (Lipinski definition) is 4. The lowest BCUT2D eigenvalue weighted by molar-refractivity contribution is 0.140. The Hall–Kier alpha value is -2.24. The van der Waals surface area contributed by atoms with E-state index in [-0.39, 0.29) is 12.3 Å². The zero-order chi connectivity index (χ0) is 17.0. The van der Waals surface area contributed by atoms with Crippen molar-refractivity contribution in [1.29, 1.82) is 0 Å². The van der Waals surface area contributed by atoms with Crippen LogP contribution in [0.1, 0.15) is 16.7 Å². The van der Waals surface area contributed by atoms with E-state index < -0.39 is 6.09 Å².